The Morgan fingerprint density at radius 2 is 1.51 bits per heavy atom. The van der Waals surface area contributed by atoms with Crippen molar-refractivity contribution in [3.63, 3.8) is 0 Å². The molecule has 204 valence electrons. The molecule has 37 heavy (non-hydrogen) atoms. The maximum atomic E-state index is 12.4. The van der Waals surface area contributed by atoms with Crippen LogP contribution in [0.25, 0.3) is 0 Å². The van der Waals surface area contributed by atoms with Crippen molar-refractivity contribution in [2.24, 2.45) is 0 Å². The van der Waals surface area contributed by atoms with Crippen molar-refractivity contribution in [2.75, 3.05) is 20.3 Å². The lowest BCUT2D eigenvalue weighted by Crippen LogP contribution is -2.73. The highest BCUT2D eigenvalue weighted by Crippen LogP contribution is 2.47. The molecule has 0 spiro atoms. The quantitative estimate of drug-likeness (QED) is 0.331. The molecule has 1 heterocycles. The van der Waals surface area contributed by atoms with Crippen molar-refractivity contribution in [2.45, 2.75) is 75.8 Å². The molecular formula is C28H40O8Si. The molecule has 3 N–H and O–H groups in total. The van der Waals surface area contributed by atoms with Crippen LogP contribution < -0.4 is 10.4 Å². The molecule has 2 aromatic carbocycles. The van der Waals surface area contributed by atoms with Gasteiger partial charge in [0.1, 0.15) is 11.7 Å². The van der Waals surface area contributed by atoms with Crippen molar-refractivity contribution in [1.29, 1.82) is 0 Å². The van der Waals surface area contributed by atoms with Crippen LogP contribution in [0.3, 0.4) is 0 Å². The van der Waals surface area contributed by atoms with E-state index in [9.17, 15) is 20.1 Å². The first-order chi connectivity index (χ1) is 17.2. The fourth-order valence-electron chi connectivity index (χ4n) is 5.40. The highest BCUT2D eigenvalue weighted by atomic mass is 28.4. The fourth-order valence-corrected chi connectivity index (χ4v) is 9.98. The SMILES string of the molecule is COC(=O)[C@H](O)[C@](C)(O)[C@]1(CO[Si](c2ccccc2)(c2ccccc2)C(C)(C)C)OC(C)(C)O[C@@H]1CO. The van der Waals surface area contributed by atoms with Crippen molar-refractivity contribution < 1.29 is 38.8 Å². The summed E-state index contributed by atoms with van der Waals surface area (Å²) in [4.78, 5) is 12.4. The van der Waals surface area contributed by atoms with Gasteiger partial charge in [-0.05, 0) is 36.2 Å². The fraction of sp³-hybridized carbons (Fsp3) is 0.536. The molecule has 0 radical (unpaired) electrons. The lowest BCUT2D eigenvalue weighted by molar-refractivity contribution is -0.247. The van der Waals surface area contributed by atoms with Crippen molar-refractivity contribution in [3.8, 4) is 0 Å². The predicted molar refractivity (Wildman–Crippen MR) is 142 cm³/mol. The average molecular weight is 533 g/mol. The predicted octanol–water partition coefficient (Wildman–Crippen LogP) is 1.73. The number of carbonyl (C=O) groups is 1. The summed E-state index contributed by atoms with van der Waals surface area (Å²) in [6.45, 7) is 10.0. The van der Waals surface area contributed by atoms with E-state index in [0.717, 1.165) is 17.5 Å². The van der Waals surface area contributed by atoms with E-state index in [0.29, 0.717) is 0 Å². The summed E-state index contributed by atoms with van der Waals surface area (Å²) in [6, 6.07) is 19.8. The van der Waals surface area contributed by atoms with Crippen LogP contribution in [-0.2, 0) is 23.4 Å². The number of aliphatic hydroxyl groups excluding tert-OH is 2. The van der Waals surface area contributed by atoms with Crippen LogP contribution in [0.15, 0.2) is 60.7 Å². The van der Waals surface area contributed by atoms with Crippen LogP contribution in [0.4, 0.5) is 0 Å². The molecule has 0 aliphatic carbocycles. The van der Waals surface area contributed by atoms with Crippen LogP contribution >= 0.6 is 0 Å². The van der Waals surface area contributed by atoms with Crippen LogP contribution in [0, 0.1) is 0 Å². The maximum absolute atomic E-state index is 12.4. The van der Waals surface area contributed by atoms with Gasteiger partial charge < -0.3 is 34.0 Å². The number of methoxy groups -OCH3 is 1. The van der Waals surface area contributed by atoms with Gasteiger partial charge in [-0.2, -0.15) is 0 Å². The number of carbonyl (C=O) groups excluding carboxylic acids is 1. The number of ether oxygens (including phenoxy) is 3. The number of rotatable bonds is 9. The Morgan fingerprint density at radius 1 is 1.03 bits per heavy atom. The zero-order valence-electron chi connectivity index (χ0n) is 22.7. The standard InChI is InChI=1S/C28H40O8Si/c1-25(2,3)37(20-14-10-8-11-15-20,21-16-12-9-13-17-21)34-19-28(22(18-29)35-26(4,5)36-28)27(6,32)23(30)24(31)33-7/h8-17,22-23,29-30,32H,18-19H2,1-7H3/t22-,23+,27+,28-/m1/s1. The van der Waals surface area contributed by atoms with Gasteiger partial charge in [0.2, 0.25) is 0 Å². The van der Waals surface area contributed by atoms with E-state index in [-0.39, 0.29) is 6.61 Å². The summed E-state index contributed by atoms with van der Waals surface area (Å²) in [6.07, 6.45) is -3.11. The molecule has 0 aromatic heterocycles. The first-order valence-electron chi connectivity index (χ1n) is 12.4. The molecule has 3 rings (SSSR count). The second-order valence-electron chi connectivity index (χ2n) is 11.2. The Labute approximate surface area is 220 Å². The van der Waals surface area contributed by atoms with Crippen molar-refractivity contribution in [1.82, 2.24) is 0 Å². The van der Waals surface area contributed by atoms with Crippen LogP contribution in [0.1, 0.15) is 41.5 Å². The second kappa shape index (κ2) is 10.6. The van der Waals surface area contributed by atoms with Gasteiger partial charge >= 0.3 is 5.97 Å². The first-order valence-corrected chi connectivity index (χ1v) is 14.3. The van der Waals surface area contributed by atoms with E-state index in [1.807, 2.05) is 60.7 Å². The van der Waals surface area contributed by atoms with E-state index >= 15 is 0 Å². The number of hydrogen-bond acceptors (Lipinski definition) is 8. The third-order valence-corrected chi connectivity index (χ3v) is 12.3. The normalized spacial score (nSPS) is 24.3. The van der Waals surface area contributed by atoms with Gasteiger partial charge in [-0.3, -0.25) is 0 Å². The molecule has 1 aliphatic rings. The molecule has 9 heteroatoms. The maximum Gasteiger partial charge on any atom is 0.337 e. The monoisotopic (exact) mass is 532 g/mol. The Balaban J connectivity index is 2.23. The Bertz CT molecular complexity index is 1010. The topological polar surface area (TPSA) is 115 Å². The van der Waals surface area contributed by atoms with Crippen LogP contribution in [0.5, 0.6) is 0 Å². The lowest BCUT2D eigenvalue weighted by Gasteiger charge is -2.49. The largest absolute Gasteiger partial charge is 0.467 e. The van der Waals surface area contributed by atoms with Crippen LogP contribution in [0.2, 0.25) is 5.04 Å². The van der Waals surface area contributed by atoms with E-state index in [1.54, 1.807) is 13.8 Å². The van der Waals surface area contributed by atoms with E-state index in [1.165, 1.54) is 6.92 Å². The summed E-state index contributed by atoms with van der Waals surface area (Å²) in [7, 11) is -2.01. The number of aliphatic hydroxyl groups is 3. The number of hydrogen-bond donors (Lipinski definition) is 3. The van der Waals surface area contributed by atoms with Gasteiger partial charge in [-0.1, -0.05) is 81.4 Å². The zero-order valence-corrected chi connectivity index (χ0v) is 23.7. The van der Waals surface area contributed by atoms with Gasteiger partial charge in [-0.25, -0.2) is 4.79 Å². The molecule has 0 bridgehead atoms. The smallest absolute Gasteiger partial charge is 0.337 e. The molecule has 4 atom stereocenters. The van der Waals surface area contributed by atoms with Gasteiger partial charge in [0, 0.05) is 0 Å². The number of benzene rings is 2. The minimum absolute atomic E-state index is 0.282. The molecule has 0 saturated carbocycles. The molecular weight excluding hydrogens is 492 g/mol. The second-order valence-corrected chi connectivity index (χ2v) is 15.5. The van der Waals surface area contributed by atoms with Crippen molar-refractivity contribution in [3.05, 3.63) is 60.7 Å². The minimum Gasteiger partial charge on any atom is -0.467 e. The first kappa shape index (κ1) is 29.4. The number of esters is 1. The third kappa shape index (κ3) is 5.14. The van der Waals surface area contributed by atoms with Gasteiger partial charge in [0.25, 0.3) is 8.32 Å². The summed E-state index contributed by atoms with van der Waals surface area (Å²) < 4.78 is 24.0. The molecule has 8 nitrogen and oxygen atoms in total. The molecule has 0 unspecified atom stereocenters. The van der Waals surface area contributed by atoms with E-state index in [2.05, 4.69) is 20.8 Å². The Hall–Kier alpha value is -2.11. The molecule has 0 amide bonds. The summed E-state index contributed by atoms with van der Waals surface area (Å²) in [5.74, 6) is -2.29. The molecule has 2 aromatic rings. The Morgan fingerprint density at radius 3 is 1.92 bits per heavy atom. The van der Waals surface area contributed by atoms with Crippen LogP contribution in [-0.4, -0.2) is 79.1 Å². The highest BCUT2D eigenvalue weighted by molar-refractivity contribution is 6.99. The highest BCUT2D eigenvalue weighted by Gasteiger charge is 2.67. The summed E-state index contributed by atoms with van der Waals surface area (Å²) in [5.41, 5.74) is -4.08. The molecule has 1 aliphatic heterocycles. The van der Waals surface area contributed by atoms with Gasteiger partial charge in [0.05, 0.1) is 20.3 Å². The van der Waals surface area contributed by atoms with Gasteiger partial charge in [0.15, 0.2) is 17.5 Å². The average Bonchev–Trinajstić information content (AvgIpc) is 3.15. The van der Waals surface area contributed by atoms with E-state index < -0.39 is 55.1 Å². The van der Waals surface area contributed by atoms with Gasteiger partial charge in [-0.15, -0.1) is 0 Å². The summed E-state index contributed by atoms with van der Waals surface area (Å²) >= 11 is 0. The third-order valence-electron chi connectivity index (χ3n) is 7.27. The molecule has 1 saturated heterocycles. The minimum atomic E-state index is -3.13. The van der Waals surface area contributed by atoms with Crippen molar-refractivity contribution >= 4 is 24.7 Å². The zero-order chi connectivity index (χ0) is 27.7. The molecule has 1 fully saturated rings. The Kier molecular flexibility index (Phi) is 8.41. The lowest BCUT2D eigenvalue weighted by atomic mass is 9.76. The summed E-state index contributed by atoms with van der Waals surface area (Å²) in [5, 5.41) is 34.6. The van der Waals surface area contributed by atoms with E-state index in [4.69, 9.17) is 18.6 Å².